The topological polar surface area (TPSA) is 76.4 Å². The van der Waals surface area contributed by atoms with Gasteiger partial charge < -0.3 is 5.32 Å². The van der Waals surface area contributed by atoms with Crippen molar-refractivity contribution in [3.05, 3.63) is 75.5 Å². The van der Waals surface area contributed by atoms with Gasteiger partial charge in [-0.15, -0.1) is 0 Å². The average Bonchev–Trinajstić information content (AvgIpc) is 2.55. The van der Waals surface area contributed by atoms with Gasteiger partial charge >= 0.3 is 0 Å². The molecule has 6 nitrogen and oxygen atoms in total. The summed E-state index contributed by atoms with van der Waals surface area (Å²) in [6.07, 6.45) is 4.51. The van der Waals surface area contributed by atoms with Gasteiger partial charge in [-0.3, -0.25) is 14.0 Å². The van der Waals surface area contributed by atoms with E-state index in [2.05, 4.69) is 15.3 Å². The fourth-order valence-corrected chi connectivity index (χ4v) is 2.21. The second-order valence-corrected chi connectivity index (χ2v) is 5.45. The van der Waals surface area contributed by atoms with Crippen LogP contribution in [0.2, 0.25) is 0 Å². The van der Waals surface area contributed by atoms with Gasteiger partial charge in [-0.1, -0.05) is 29.8 Å². The molecule has 0 aliphatic heterocycles. The maximum atomic E-state index is 12.4. The Morgan fingerprint density at radius 3 is 2.52 bits per heavy atom. The van der Waals surface area contributed by atoms with E-state index in [1.54, 1.807) is 12.4 Å². The summed E-state index contributed by atoms with van der Waals surface area (Å²) in [4.78, 5) is 32.8. The molecule has 3 rings (SSSR count). The molecule has 0 atom stereocenters. The number of amides is 1. The van der Waals surface area contributed by atoms with Crippen molar-refractivity contribution in [3.63, 3.8) is 0 Å². The van der Waals surface area contributed by atoms with Gasteiger partial charge in [-0.25, -0.2) is 9.97 Å². The minimum Gasteiger partial charge on any atom is -0.348 e. The summed E-state index contributed by atoms with van der Waals surface area (Å²) in [7, 11) is 0. The van der Waals surface area contributed by atoms with E-state index in [4.69, 9.17) is 0 Å². The third-order valence-corrected chi connectivity index (χ3v) is 3.51. The Hall–Kier alpha value is -3.02. The highest BCUT2D eigenvalue weighted by molar-refractivity contribution is 5.93. The SMILES string of the molecule is Cc1ccc(CNC(=O)c2cnc3ncc(C)cn3c2=O)cc1. The van der Waals surface area contributed by atoms with E-state index in [1.165, 1.54) is 10.6 Å². The predicted octanol–water partition coefficient (Wildman–Crippen LogP) is 1.64. The molecular formula is C17H16N4O2. The minimum atomic E-state index is -0.445. The van der Waals surface area contributed by atoms with Crippen LogP contribution in [0.3, 0.4) is 0 Å². The largest absolute Gasteiger partial charge is 0.348 e. The summed E-state index contributed by atoms with van der Waals surface area (Å²) in [5.41, 5.74) is 2.52. The quantitative estimate of drug-likeness (QED) is 0.798. The van der Waals surface area contributed by atoms with Crippen molar-refractivity contribution in [1.29, 1.82) is 0 Å². The molecule has 3 aromatic rings. The summed E-state index contributed by atoms with van der Waals surface area (Å²) < 4.78 is 1.29. The molecule has 1 amide bonds. The molecule has 0 aliphatic rings. The molecule has 1 N–H and O–H groups in total. The van der Waals surface area contributed by atoms with Gasteiger partial charge in [-0.05, 0) is 25.0 Å². The number of aromatic nitrogens is 3. The predicted molar refractivity (Wildman–Crippen MR) is 86.3 cm³/mol. The molecule has 0 fully saturated rings. The van der Waals surface area contributed by atoms with E-state index in [0.717, 1.165) is 16.7 Å². The summed E-state index contributed by atoms with van der Waals surface area (Å²) in [5, 5.41) is 2.74. The highest BCUT2D eigenvalue weighted by atomic mass is 16.2. The number of fused-ring (bicyclic) bond motifs is 1. The van der Waals surface area contributed by atoms with Gasteiger partial charge in [0.15, 0.2) is 0 Å². The van der Waals surface area contributed by atoms with Crippen molar-refractivity contribution in [2.45, 2.75) is 20.4 Å². The van der Waals surface area contributed by atoms with E-state index < -0.39 is 11.5 Å². The molecule has 0 unspecified atom stereocenters. The smallest absolute Gasteiger partial charge is 0.271 e. The standard InChI is InChI=1S/C17H16N4O2/c1-11-3-5-13(6-4-11)8-18-15(22)14-9-20-17-19-7-12(2)10-21(17)16(14)23/h3-7,9-10H,8H2,1-2H3,(H,18,22). The molecule has 6 heteroatoms. The van der Waals surface area contributed by atoms with E-state index in [0.29, 0.717) is 6.54 Å². The second kappa shape index (κ2) is 6.00. The van der Waals surface area contributed by atoms with Crippen molar-refractivity contribution in [2.75, 3.05) is 0 Å². The molecule has 116 valence electrons. The molecule has 0 saturated heterocycles. The number of hydrogen-bond donors (Lipinski definition) is 1. The zero-order valence-corrected chi connectivity index (χ0v) is 12.9. The molecule has 0 radical (unpaired) electrons. The van der Waals surface area contributed by atoms with Crippen LogP contribution in [-0.4, -0.2) is 20.3 Å². The lowest BCUT2D eigenvalue weighted by molar-refractivity contribution is 0.0949. The Bertz CT molecular complexity index is 929. The van der Waals surface area contributed by atoms with Crippen LogP contribution in [0, 0.1) is 13.8 Å². The zero-order valence-electron chi connectivity index (χ0n) is 12.9. The van der Waals surface area contributed by atoms with Crippen molar-refractivity contribution >= 4 is 11.7 Å². The lowest BCUT2D eigenvalue weighted by Gasteiger charge is -2.06. The van der Waals surface area contributed by atoms with Crippen molar-refractivity contribution < 1.29 is 4.79 Å². The van der Waals surface area contributed by atoms with Gasteiger partial charge in [0.25, 0.3) is 11.5 Å². The number of aryl methyl sites for hydroxylation is 2. The lowest BCUT2D eigenvalue weighted by Crippen LogP contribution is -2.31. The highest BCUT2D eigenvalue weighted by Gasteiger charge is 2.13. The first kappa shape index (κ1) is 14.9. The molecule has 2 aromatic heterocycles. The monoisotopic (exact) mass is 308 g/mol. The minimum absolute atomic E-state index is 0.00186. The summed E-state index contributed by atoms with van der Waals surface area (Å²) in [6, 6.07) is 7.83. The van der Waals surface area contributed by atoms with Crippen LogP contribution in [0.25, 0.3) is 5.78 Å². The van der Waals surface area contributed by atoms with Crippen LogP contribution in [-0.2, 0) is 6.54 Å². The molecule has 2 heterocycles. The van der Waals surface area contributed by atoms with Crippen molar-refractivity contribution in [3.8, 4) is 0 Å². The number of carbonyl (C=O) groups excluding carboxylic acids is 1. The van der Waals surface area contributed by atoms with E-state index in [-0.39, 0.29) is 11.3 Å². The van der Waals surface area contributed by atoms with Crippen LogP contribution in [0.1, 0.15) is 27.0 Å². The van der Waals surface area contributed by atoms with Crippen LogP contribution in [0.5, 0.6) is 0 Å². The highest BCUT2D eigenvalue weighted by Crippen LogP contribution is 2.03. The van der Waals surface area contributed by atoms with Crippen LogP contribution >= 0.6 is 0 Å². The Morgan fingerprint density at radius 1 is 1.09 bits per heavy atom. The van der Waals surface area contributed by atoms with Gasteiger partial charge in [0, 0.05) is 25.1 Å². The number of rotatable bonds is 3. The number of benzene rings is 1. The fourth-order valence-electron chi connectivity index (χ4n) is 2.21. The zero-order chi connectivity index (χ0) is 16.4. The summed E-state index contributed by atoms with van der Waals surface area (Å²) in [6.45, 7) is 4.18. The first-order valence-corrected chi connectivity index (χ1v) is 7.22. The first-order valence-electron chi connectivity index (χ1n) is 7.22. The van der Waals surface area contributed by atoms with E-state index >= 15 is 0 Å². The maximum absolute atomic E-state index is 12.4. The number of nitrogens with zero attached hydrogens (tertiary/aromatic N) is 3. The average molecular weight is 308 g/mol. The molecular weight excluding hydrogens is 292 g/mol. The van der Waals surface area contributed by atoms with Crippen LogP contribution in [0.4, 0.5) is 0 Å². The van der Waals surface area contributed by atoms with Crippen LogP contribution in [0.15, 0.2) is 47.7 Å². The third kappa shape index (κ3) is 3.11. The van der Waals surface area contributed by atoms with Gasteiger partial charge in [-0.2, -0.15) is 0 Å². The van der Waals surface area contributed by atoms with E-state index in [1.807, 2.05) is 38.1 Å². The molecule has 1 aromatic carbocycles. The summed E-state index contributed by atoms with van der Waals surface area (Å²) in [5.74, 6) is -0.172. The van der Waals surface area contributed by atoms with Crippen molar-refractivity contribution in [2.24, 2.45) is 0 Å². The molecule has 0 spiro atoms. The summed E-state index contributed by atoms with van der Waals surface area (Å²) >= 11 is 0. The van der Waals surface area contributed by atoms with Gasteiger partial charge in [0.2, 0.25) is 5.78 Å². The fraction of sp³-hybridized carbons (Fsp3) is 0.176. The number of nitrogens with one attached hydrogen (secondary N) is 1. The molecule has 0 bridgehead atoms. The second-order valence-electron chi connectivity index (χ2n) is 5.45. The Balaban J connectivity index is 1.84. The Kier molecular flexibility index (Phi) is 3.89. The third-order valence-electron chi connectivity index (χ3n) is 3.51. The van der Waals surface area contributed by atoms with Crippen LogP contribution < -0.4 is 10.9 Å². The molecule has 23 heavy (non-hydrogen) atoms. The first-order chi connectivity index (χ1) is 11.0. The Labute approximate surface area is 132 Å². The molecule has 0 saturated carbocycles. The van der Waals surface area contributed by atoms with Gasteiger partial charge in [0.05, 0.1) is 0 Å². The Morgan fingerprint density at radius 2 is 1.78 bits per heavy atom. The maximum Gasteiger partial charge on any atom is 0.271 e. The van der Waals surface area contributed by atoms with Crippen molar-refractivity contribution in [1.82, 2.24) is 19.7 Å². The number of carbonyl (C=O) groups is 1. The van der Waals surface area contributed by atoms with E-state index in [9.17, 15) is 9.59 Å². The lowest BCUT2D eigenvalue weighted by atomic mass is 10.1. The molecule has 0 aliphatic carbocycles. The normalized spacial score (nSPS) is 10.7. The van der Waals surface area contributed by atoms with Gasteiger partial charge in [0.1, 0.15) is 5.56 Å². The number of hydrogen-bond acceptors (Lipinski definition) is 4.